The smallest absolute Gasteiger partial charge is 0.255 e. The van der Waals surface area contributed by atoms with Crippen LogP contribution < -0.4 is 11.1 Å². The number of benzene rings is 2. The van der Waals surface area contributed by atoms with E-state index in [2.05, 4.69) is 16.1 Å². The number of halogens is 2. The van der Waals surface area contributed by atoms with Gasteiger partial charge < -0.3 is 11.1 Å². The lowest BCUT2D eigenvalue weighted by molar-refractivity contribution is -0.106. The first-order valence-electron chi connectivity index (χ1n) is 10.5. The number of nitrogens with one attached hydrogen (secondary N) is 1. The number of carbonyl (C=O) groups is 2. The molecule has 0 bridgehead atoms. The maximum Gasteiger partial charge on any atom is 0.255 e. The van der Waals surface area contributed by atoms with Gasteiger partial charge in [-0.25, -0.2) is 4.39 Å². The Morgan fingerprint density at radius 1 is 1.22 bits per heavy atom. The molecule has 1 heterocycles. The molecule has 32 heavy (non-hydrogen) atoms. The van der Waals surface area contributed by atoms with Gasteiger partial charge in [0, 0.05) is 23.3 Å². The predicted molar refractivity (Wildman–Crippen MR) is 127 cm³/mol. The van der Waals surface area contributed by atoms with Crippen LogP contribution in [0.25, 0.3) is 11.3 Å². The maximum atomic E-state index is 14.3. The molecule has 3 aromatic rings. The van der Waals surface area contributed by atoms with E-state index in [-0.39, 0.29) is 18.4 Å². The van der Waals surface area contributed by atoms with Crippen LogP contribution in [-0.2, 0) is 11.3 Å². The highest BCUT2D eigenvalue weighted by Gasteiger charge is 2.22. The van der Waals surface area contributed by atoms with Crippen molar-refractivity contribution in [3.05, 3.63) is 76.7 Å². The van der Waals surface area contributed by atoms with Crippen LogP contribution in [0.2, 0.25) is 5.02 Å². The van der Waals surface area contributed by atoms with Crippen LogP contribution in [-0.4, -0.2) is 22.1 Å². The Hall–Kier alpha value is -3.19. The van der Waals surface area contributed by atoms with Gasteiger partial charge in [0.2, 0.25) is 6.41 Å². The van der Waals surface area contributed by atoms with Crippen molar-refractivity contribution >= 4 is 23.9 Å². The fourth-order valence-corrected chi connectivity index (χ4v) is 3.18. The van der Waals surface area contributed by atoms with E-state index in [1.54, 1.807) is 35.1 Å². The fourth-order valence-electron chi connectivity index (χ4n) is 2.98. The van der Waals surface area contributed by atoms with Gasteiger partial charge in [-0.05, 0) is 43.2 Å². The van der Waals surface area contributed by atoms with Crippen molar-refractivity contribution < 1.29 is 14.0 Å². The molecule has 0 spiro atoms. The largest absolute Gasteiger partial charge is 0.372 e. The van der Waals surface area contributed by atoms with Crippen LogP contribution in [0, 0.1) is 5.82 Å². The Morgan fingerprint density at radius 3 is 2.44 bits per heavy atom. The monoisotopic (exact) mass is 460 g/mol. The number of hydrogen-bond donors (Lipinski definition) is 2. The maximum absolute atomic E-state index is 14.3. The minimum Gasteiger partial charge on any atom is -0.372 e. The van der Waals surface area contributed by atoms with Crippen LogP contribution in [0.5, 0.6) is 0 Å². The van der Waals surface area contributed by atoms with Crippen molar-refractivity contribution in [2.45, 2.75) is 46.7 Å². The molecule has 0 aliphatic rings. The third-order valence-electron chi connectivity index (χ3n) is 4.42. The van der Waals surface area contributed by atoms with Gasteiger partial charge in [-0.2, -0.15) is 5.10 Å². The summed E-state index contributed by atoms with van der Waals surface area (Å²) >= 11 is 6.08. The zero-order valence-corrected chi connectivity index (χ0v) is 19.6. The third-order valence-corrected chi connectivity index (χ3v) is 4.66. The molecule has 172 valence electrons. The molecule has 0 saturated carbocycles. The minimum absolute atomic E-state index is 0.199. The van der Waals surface area contributed by atoms with Crippen molar-refractivity contribution in [2.24, 2.45) is 5.73 Å². The molecule has 0 aliphatic carbocycles. The summed E-state index contributed by atoms with van der Waals surface area (Å²) in [5.41, 5.74) is 6.09. The van der Waals surface area contributed by atoms with Gasteiger partial charge in [0.15, 0.2) is 0 Å². The summed E-state index contributed by atoms with van der Waals surface area (Å²) in [6.07, 6.45) is 2.60. The average Bonchev–Trinajstić information content (AvgIpc) is 3.24. The van der Waals surface area contributed by atoms with Gasteiger partial charge >= 0.3 is 0 Å². The van der Waals surface area contributed by atoms with Gasteiger partial charge in [0.05, 0.1) is 11.6 Å². The first-order valence-corrected chi connectivity index (χ1v) is 10.9. The molecule has 8 heteroatoms. The number of hydrogen-bond acceptors (Lipinski definition) is 3. The molecule has 2 aromatic carbocycles. The summed E-state index contributed by atoms with van der Waals surface area (Å²) in [5.74, 6) is -0.699. The second kappa shape index (κ2) is 14.0. The molecule has 1 unspecified atom stereocenters. The number of nitrogens with zero attached hydrogens (tertiary/aromatic N) is 2. The number of aromatic nitrogens is 2. The molecule has 1 atom stereocenters. The Balaban J connectivity index is 0.000000944. The van der Waals surface area contributed by atoms with Gasteiger partial charge in [-0.15, -0.1) is 0 Å². The Labute approximate surface area is 193 Å². The summed E-state index contributed by atoms with van der Waals surface area (Å²) in [6, 6.07) is 13.5. The minimum atomic E-state index is -0.408. The van der Waals surface area contributed by atoms with E-state index >= 15 is 0 Å². The quantitative estimate of drug-likeness (QED) is 0.484. The van der Waals surface area contributed by atoms with Crippen LogP contribution in [0.3, 0.4) is 0 Å². The third kappa shape index (κ3) is 7.20. The van der Waals surface area contributed by atoms with Gasteiger partial charge in [-0.1, -0.05) is 56.6 Å². The van der Waals surface area contributed by atoms with Crippen LogP contribution >= 0.6 is 11.6 Å². The number of rotatable bonds is 6. The molecule has 0 aliphatic heterocycles. The molecule has 0 fully saturated rings. The van der Waals surface area contributed by atoms with Gasteiger partial charge in [0.25, 0.3) is 5.91 Å². The number of aryl methyl sites for hydroxylation is 1. The van der Waals surface area contributed by atoms with Crippen molar-refractivity contribution in [3.63, 3.8) is 0 Å². The lowest BCUT2D eigenvalue weighted by Crippen LogP contribution is -2.28. The highest BCUT2D eigenvalue weighted by molar-refractivity contribution is 6.30. The van der Waals surface area contributed by atoms with E-state index in [1.165, 1.54) is 6.07 Å². The molecule has 3 rings (SSSR count). The predicted octanol–water partition coefficient (Wildman–Crippen LogP) is 5.37. The van der Waals surface area contributed by atoms with Gasteiger partial charge in [0.1, 0.15) is 11.5 Å². The molecule has 0 radical (unpaired) electrons. The molecular weight excluding hydrogens is 431 g/mol. The number of nitrogens with two attached hydrogens (primary N) is 1. The Bertz CT molecular complexity index is 1010. The SMILES string of the molecule is CC.CCC(NC(=O)c1cn(CC)nc1-c1ccccc1F)c1cccc(Cl)c1.NC=O. The highest BCUT2D eigenvalue weighted by Crippen LogP contribution is 2.26. The zero-order chi connectivity index (χ0) is 24.1. The number of amides is 2. The van der Waals surface area contributed by atoms with E-state index in [4.69, 9.17) is 16.4 Å². The van der Waals surface area contributed by atoms with E-state index < -0.39 is 5.82 Å². The lowest BCUT2D eigenvalue weighted by atomic mass is 10.0. The summed E-state index contributed by atoms with van der Waals surface area (Å²) in [7, 11) is 0. The van der Waals surface area contributed by atoms with E-state index in [9.17, 15) is 9.18 Å². The van der Waals surface area contributed by atoms with Crippen molar-refractivity contribution in [2.75, 3.05) is 0 Å². The Kier molecular flexibility index (Phi) is 11.7. The van der Waals surface area contributed by atoms with Crippen molar-refractivity contribution in [1.82, 2.24) is 15.1 Å². The van der Waals surface area contributed by atoms with Crippen molar-refractivity contribution in [3.8, 4) is 11.3 Å². The second-order valence-electron chi connectivity index (χ2n) is 6.35. The molecule has 2 amide bonds. The molecule has 0 saturated heterocycles. The van der Waals surface area contributed by atoms with Crippen LogP contribution in [0.1, 0.15) is 56.1 Å². The van der Waals surface area contributed by atoms with E-state index in [1.807, 2.05) is 45.9 Å². The Morgan fingerprint density at radius 2 is 1.88 bits per heavy atom. The normalized spacial score (nSPS) is 10.7. The first kappa shape index (κ1) is 26.8. The van der Waals surface area contributed by atoms with Crippen LogP contribution in [0.4, 0.5) is 4.39 Å². The summed E-state index contributed by atoms with van der Waals surface area (Å²) < 4.78 is 15.9. The molecule has 3 N–H and O–H groups in total. The standard InChI is InChI=1S/C21H21ClFN3O.C2H6.CH3NO/c1-3-19(14-8-7-9-15(22)12-14)24-21(27)17-13-26(4-2)25-20(17)16-10-5-6-11-18(16)23;1-2;2-1-3/h5-13,19H,3-4H2,1-2H3,(H,24,27);1-2H3;1H,(H2,2,3). The molecular formula is C24H30ClFN4O2. The molecule has 6 nitrogen and oxygen atoms in total. The van der Waals surface area contributed by atoms with Crippen LogP contribution in [0.15, 0.2) is 54.7 Å². The van der Waals surface area contributed by atoms with Crippen molar-refractivity contribution in [1.29, 1.82) is 0 Å². The number of primary amides is 1. The molecule has 1 aromatic heterocycles. The average molecular weight is 461 g/mol. The second-order valence-corrected chi connectivity index (χ2v) is 6.79. The summed E-state index contributed by atoms with van der Waals surface area (Å²) in [5, 5.41) is 8.03. The topological polar surface area (TPSA) is 90.0 Å². The lowest BCUT2D eigenvalue weighted by Gasteiger charge is -2.17. The number of carbonyl (C=O) groups excluding carboxylic acids is 2. The van der Waals surface area contributed by atoms with E-state index in [0.717, 1.165) is 5.56 Å². The zero-order valence-electron chi connectivity index (χ0n) is 18.8. The summed E-state index contributed by atoms with van der Waals surface area (Å²) in [6.45, 7) is 8.49. The van der Waals surface area contributed by atoms with Gasteiger partial charge in [-0.3, -0.25) is 14.3 Å². The first-order chi connectivity index (χ1) is 15.4. The van der Waals surface area contributed by atoms with E-state index in [0.29, 0.717) is 34.8 Å². The summed E-state index contributed by atoms with van der Waals surface area (Å²) in [4.78, 5) is 21.6. The highest BCUT2D eigenvalue weighted by atomic mass is 35.5. The fraction of sp³-hybridized carbons (Fsp3) is 0.292.